The first kappa shape index (κ1) is 12.7. The van der Waals surface area contributed by atoms with Crippen LogP contribution in [0, 0.1) is 11.3 Å². The van der Waals surface area contributed by atoms with E-state index in [0.29, 0.717) is 16.5 Å². The second-order valence-electron chi connectivity index (χ2n) is 3.22. The lowest BCUT2D eigenvalue weighted by Crippen LogP contribution is -2.09. The van der Waals surface area contributed by atoms with E-state index in [0.717, 1.165) is 17.5 Å². The highest BCUT2D eigenvalue weighted by Crippen LogP contribution is 2.22. The molecule has 0 heterocycles. The van der Waals surface area contributed by atoms with Crippen molar-refractivity contribution in [2.75, 3.05) is 7.11 Å². The fraction of sp³-hybridized carbons (Fsp3) is 0.333. The Balaban J connectivity index is 3.50. The van der Waals surface area contributed by atoms with Crippen LogP contribution in [-0.2, 0) is 16.5 Å². The predicted octanol–water partition coefficient (Wildman–Crippen LogP) is 2.80. The summed E-state index contributed by atoms with van der Waals surface area (Å²) in [6.45, 7) is 1.95. The van der Waals surface area contributed by atoms with Crippen molar-refractivity contribution in [3.05, 3.63) is 34.4 Å². The molecule has 0 unspecified atom stereocenters. The SMILES string of the molecule is CCc1ccc(CBr)c(C(=O)OC)c1C#N. The summed E-state index contributed by atoms with van der Waals surface area (Å²) in [6.07, 6.45) is 0.718. The molecule has 0 saturated heterocycles. The van der Waals surface area contributed by atoms with Crippen LogP contribution >= 0.6 is 15.9 Å². The van der Waals surface area contributed by atoms with Crippen molar-refractivity contribution in [1.82, 2.24) is 0 Å². The van der Waals surface area contributed by atoms with Crippen LogP contribution in [0.5, 0.6) is 0 Å². The molecule has 0 aliphatic rings. The third kappa shape index (κ3) is 2.25. The maximum atomic E-state index is 11.6. The van der Waals surface area contributed by atoms with E-state index in [2.05, 4.69) is 22.0 Å². The van der Waals surface area contributed by atoms with Gasteiger partial charge in [-0.2, -0.15) is 5.26 Å². The number of hydrogen-bond acceptors (Lipinski definition) is 3. The smallest absolute Gasteiger partial charge is 0.339 e. The van der Waals surface area contributed by atoms with Gasteiger partial charge in [-0.25, -0.2) is 4.79 Å². The molecule has 0 bridgehead atoms. The molecular weight excluding hydrogens is 270 g/mol. The number of alkyl halides is 1. The van der Waals surface area contributed by atoms with E-state index in [1.54, 1.807) is 0 Å². The largest absolute Gasteiger partial charge is 0.465 e. The van der Waals surface area contributed by atoms with E-state index in [1.165, 1.54) is 7.11 Å². The lowest BCUT2D eigenvalue weighted by atomic mass is 9.96. The number of aryl methyl sites for hydroxylation is 1. The normalized spacial score (nSPS) is 9.62. The van der Waals surface area contributed by atoms with Crippen molar-refractivity contribution in [2.45, 2.75) is 18.7 Å². The van der Waals surface area contributed by atoms with E-state index in [9.17, 15) is 4.79 Å². The Kier molecular flexibility index (Phi) is 4.51. The van der Waals surface area contributed by atoms with Crippen molar-refractivity contribution < 1.29 is 9.53 Å². The second kappa shape index (κ2) is 5.66. The van der Waals surface area contributed by atoms with Crippen LogP contribution in [-0.4, -0.2) is 13.1 Å². The standard InChI is InChI=1S/C12H12BrNO2/c1-3-8-4-5-9(6-13)11(10(8)7-14)12(15)16-2/h4-5H,3,6H2,1-2H3. The summed E-state index contributed by atoms with van der Waals surface area (Å²) in [6, 6.07) is 5.81. The summed E-state index contributed by atoms with van der Waals surface area (Å²) in [7, 11) is 1.32. The molecule has 1 aromatic carbocycles. The Labute approximate surface area is 103 Å². The maximum absolute atomic E-state index is 11.6. The van der Waals surface area contributed by atoms with Gasteiger partial charge in [0.1, 0.15) is 6.07 Å². The molecule has 0 aromatic heterocycles. The van der Waals surface area contributed by atoms with Gasteiger partial charge in [0.05, 0.1) is 18.2 Å². The van der Waals surface area contributed by atoms with Crippen molar-refractivity contribution in [2.24, 2.45) is 0 Å². The van der Waals surface area contributed by atoms with E-state index in [4.69, 9.17) is 10.00 Å². The molecule has 0 saturated carbocycles. The number of rotatable bonds is 3. The maximum Gasteiger partial charge on any atom is 0.339 e. The molecule has 84 valence electrons. The number of carbonyl (C=O) groups excluding carboxylic acids is 1. The van der Waals surface area contributed by atoms with Crippen LogP contribution in [0.1, 0.15) is 34.0 Å². The number of nitriles is 1. The van der Waals surface area contributed by atoms with Gasteiger partial charge in [0.2, 0.25) is 0 Å². The number of halogens is 1. The highest BCUT2D eigenvalue weighted by molar-refractivity contribution is 9.08. The summed E-state index contributed by atoms with van der Waals surface area (Å²) in [5, 5.41) is 9.65. The number of hydrogen-bond donors (Lipinski definition) is 0. The lowest BCUT2D eigenvalue weighted by molar-refractivity contribution is 0.0599. The van der Waals surface area contributed by atoms with Crippen molar-refractivity contribution in [1.29, 1.82) is 5.26 Å². The summed E-state index contributed by atoms with van der Waals surface area (Å²) >= 11 is 3.30. The zero-order valence-electron chi connectivity index (χ0n) is 9.21. The molecule has 0 aliphatic heterocycles. The number of esters is 1. The Hall–Kier alpha value is -1.34. The molecule has 3 nitrogen and oxygen atoms in total. The minimum atomic E-state index is -0.457. The van der Waals surface area contributed by atoms with Gasteiger partial charge in [-0.05, 0) is 17.5 Å². The minimum Gasteiger partial charge on any atom is -0.465 e. The van der Waals surface area contributed by atoms with Gasteiger partial charge in [-0.3, -0.25) is 0 Å². The number of methoxy groups -OCH3 is 1. The highest BCUT2D eigenvalue weighted by atomic mass is 79.9. The minimum absolute atomic E-state index is 0.376. The first-order valence-electron chi connectivity index (χ1n) is 4.88. The molecule has 4 heteroatoms. The molecule has 0 radical (unpaired) electrons. The summed E-state index contributed by atoms with van der Waals surface area (Å²) in [5.74, 6) is -0.457. The Morgan fingerprint density at radius 1 is 1.50 bits per heavy atom. The Bertz CT molecular complexity index is 449. The lowest BCUT2D eigenvalue weighted by Gasteiger charge is -2.10. The van der Waals surface area contributed by atoms with Crippen LogP contribution in [0.25, 0.3) is 0 Å². The third-order valence-corrected chi connectivity index (χ3v) is 3.01. The fourth-order valence-corrected chi connectivity index (χ4v) is 2.03. The van der Waals surface area contributed by atoms with Crippen LogP contribution in [0.3, 0.4) is 0 Å². The van der Waals surface area contributed by atoms with Crippen molar-refractivity contribution in [3.63, 3.8) is 0 Å². The van der Waals surface area contributed by atoms with E-state index < -0.39 is 5.97 Å². The molecule has 0 fully saturated rings. The van der Waals surface area contributed by atoms with E-state index in [1.807, 2.05) is 19.1 Å². The van der Waals surface area contributed by atoms with Crippen LogP contribution in [0.4, 0.5) is 0 Å². The molecule has 0 N–H and O–H groups in total. The van der Waals surface area contributed by atoms with Crippen molar-refractivity contribution >= 4 is 21.9 Å². The first-order chi connectivity index (χ1) is 7.69. The van der Waals surface area contributed by atoms with Crippen LogP contribution in [0.2, 0.25) is 0 Å². The monoisotopic (exact) mass is 281 g/mol. The molecule has 1 aromatic rings. The average Bonchev–Trinajstić information content (AvgIpc) is 2.35. The number of nitrogens with zero attached hydrogens (tertiary/aromatic N) is 1. The predicted molar refractivity (Wildman–Crippen MR) is 64.5 cm³/mol. The molecule has 0 spiro atoms. The quantitative estimate of drug-likeness (QED) is 0.632. The topological polar surface area (TPSA) is 50.1 Å². The fourth-order valence-electron chi connectivity index (χ4n) is 1.56. The first-order valence-corrected chi connectivity index (χ1v) is 6.00. The van der Waals surface area contributed by atoms with Gasteiger partial charge in [-0.15, -0.1) is 0 Å². The third-order valence-electron chi connectivity index (χ3n) is 2.40. The number of ether oxygens (including phenoxy) is 1. The molecule has 1 rings (SSSR count). The Morgan fingerprint density at radius 3 is 2.56 bits per heavy atom. The van der Waals surface area contributed by atoms with E-state index in [-0.39, 0.29) is 0 Å². The molecular formula is C12H12BrNO2. The van der Waals surface area contributed by atoms with Gasteiger partial charge in [0, 0.05) is 5.33 Å². The number of carbonyl (C=O) groups is 1. The van der Waals surface area contributed by atoms with Gasteiger partial charge in [-0.1, -0.05) is 35.0 Å². The van der Waals surface area contributed by atoms with Gasteiger partial charge in [0.15, 0.2) is 0 Å². The van der Waals surface area contributed by atoms with Crippen molar-refractivity contribution in [3.8, 4) is 6.07 Å². The van der Waals surface area contributed by atoms with Gasteiger partial charge in [0.25, 0.3) is 0 Å². The number of benzene rings is 1. The molecule has 16 heavy (non-hydrogen) atoms. The highest BCUT2D eigenvalue weighted by Gasteiger charge is 2.18. The molecule has 0 amide bonds. The zero-order chi connectivity index (χ0) is 12.1. The van der Waals surface area contributed by atoms with E-state index >= 15 is 0 Å². The van der Waals surface area contributed by atoms with Gasteiger partial charge < -0.3 is 4.74 Å². The van der Waals surface area contributed by atoms with Crippen LogP contribution < -0.4 is 0 Å². The summed E-state index contributed by atoms with van der Waals surface area (Å²) in [4.78, 5) is 11.6. The zero-order valence-corrected chi connectivity index (χ0v) is 10.8. The second-order valence-corrected chi connectivity index (χ2v) is 3.79. The average molecular weight is 282 g/mol. The molecule has 0 atom stereocenters. The van der Waals surface area contributed by atoms with Gasteiger partial charge >= 0.3 is 5.97 Å². The molecule has 0 aliphatic carbocycles. The summed E-state index contributed by atoms with van der Waals surface area (Å²) in [5.41, 5.74) is 2.45. The summed E-state index contributed by atoms with van der Waals surface area (Å²) < 4.78 is 4.71. The van der Waals surface area contributed by atoms with Crippen LogP contribution in [0.15, 0.2) is 12.1 Å². The Morgan fingerprint density at radius 2 is 2.12 bits per heavy atom.